The zero-order valence-electron chi connectivity index (χ0n) is 14.5. The summed E-state index contributed by atoms with van der Waals surface area (Å²) in [6, 6.07) is 16.0. The van der Waals surface area contributed by atoms with Crippen LogP contribution in [0.4, 0.5) is 0 Å². The van der Waals surface area contributed by atoms with E-state index in [0.29, 0.717) is 6.61 Å². The lowest BCUT2D eigenvalue weighted by Gasteiger charge is -2.10. The number of hydrogen-bond donors (Lipinski definition) is 2. The first-order valence-corrected chi connectivity index (χ1v) is 8.54. The number of benzene rings is 2. The molecule has 0 saturated heterocycles. The van der Waals surface area contributed by atoms with E-state index >= 15 is 0 Å². The third-order valence-electron chi connectivity index (χ3n) is 3.54. The van der Waals surface area contributed by atoms with Crippen LogP contribution >= 0.6 is 36.4 Å². The van der Waals surface area contributed by atoms with Crippen LogP contribution in [-0.2, 0) is 13.2 Å². The van der Waals surface area contributed by atoms with Gasteiger partial charge in [0.1, 0.15) is 12.4 Å². The van der Waals surface area contributed by atoms with E-state index in [9.17, 15) is 0 Å². The summed E-state index contributed by atoms with van der Waals surface area (Å²) in [5.41, 5.74) is 2.23. The maximum Gasteiger partial charge on any atom is 0.120 e. The molecule has 0 amide bonds. The molecule has 0 aliphatic carbocycles. The summed E-state index contributed by atoms with van der Waals surface area (Å²) >= 11 is 6.15. The van der Waals surface area contributed by atoms with Crippen LogP contribution in [0.3, 0.4) is 0 Å². The van der Waals surface area contributed by atoms with E-state index in [4.69, 9.17) is 16.3 Å². The Hall–Kier alpha value is -0.970. The number of rotatable bonds is 10. The Bertz CT molecular complexity index is 596. The molecule has 0 aliphatic heterocycles. The minimum absolute atomic E-state index is 0. The summed E-state index contributed by atoms with van der Waals surface area (Å²) < 4.78 is 5.85. The highest BCUT2D eigenvalue weighted by Crippen LogP contribution is 2.19. The Morgan fingerprint density at radius 3 is 2.48 bits per heavy atom. The van der Waals surface area contributed by atoms with Crippen molar-refractivity contribution in [2.75, 3.05) is 19.6 Å². The lowest BCUT2D eigenvalue weighted by atomic mass is 10.2. The molecule has 0 saturated carbocycles. The van der Waals surface area contributed by atoms with Crippen molar-refractivity contribution in [1.29, 1.82) is 0 Å². The average Bonchev–Trinajstić information content (AvgIpc) is 2.58. The molecule has 2 aromatic carbocycles. The van der Waals surface area contributed by atoms with E-state index in [1.807, 2.05) is 36.4 Å². The molecular formula is C19H27Cl3N2O. The van der Waals surface area contributed by atoms with Gasteiger partial charge in [0.2, 0.25) is 0 Å². The monoisotopic (exact) mass is 404 g/mol. The van der Waals surface area contributed by atoms with Crippen LogP contribution in [0, 0.1) is 0 Å². The molecule has 0 bridgehead atoms. The van der Waals surface area contributed by atoms with E-state index in [2.05, 4.69) is 29.7 Å². The highest BCUT2D eigenvalue weighted by Gasteiger charge is 2.01. The molecule has 0 fully saturated rings. The first-order chi connectivity index (χ1) is 11.3. The minimum Gasteiger partial charge on any atom is -0.489 e. The van der Waals surface area contributed by atoms with Crippen molar-refractivity contribution < 1.29 is 4.74 Å². The number of nitrogens with one attached hydrogen (secondary N) is 2. The van der Waals surface area contributed by atoms with Gasteiger partial charge in [-0.25, -0.2) is 0 Å². The Morgan fingerprint density at radius 2 is 1.72 bits per heavy atom. The van der Waals surface area contributed by atoms with Crippen molar-refractivity contribution in [2.45, 2.75) is 26.5 Å². The fraction of sp³-hybridized carbons (Fsp3) is 0.368. The summed E-state index contributed by atoms with van der Waals surface area (Å²) in [4.78, 5) is 0. The SMILES string of the molecule is CCNCCCNCc1cccc(OCc2ccccc2Cl)c1.Cl.Cl. The predicted molar refractivity (Wildman–Crippen MR) is 112 cm³/mol. The van der Waals surface area contributed by atoms with Crippen LogP contribution in [0.15, 0.2) is 48.5 Å². The van der Waals surface area contributed by atoms with Gasteiger partial charge in [-0.15, -0.1) is 24.8 Å². The molecule has 2 aromatic rings. The molecular weight excluding hydrogens is 379 g/mol. The summed E-state index contributed by atoms with van der Waals surface area (Å²) in [6.45, 7) is 6.57. The van der Waals surface area contributed by atoms with Gasteiger partial charge in [-0.2, -0.15) is 0 Å². The molecule has 0 atom stereocenters. The Kier molecular flexibility index (Phi) is 13.7. The zero-order valence-corrected chi connectivity index (χ0v) is 16.9. The molecule has 0 aliphatic rings. The molecule has 0 heterocycles. The normalized spacial score (nSPS) is 9.84. The lowest BCUT2D eigenvalue weighted by Crippen LogP contribution is -2.21. The van der Waals surface area contributed by atoms with E-state index < -0.39 is 0 Å². The van der Waals surface area contributed by atoms with Gasteiger partial charge >= 0.3 is 0 Å². The molecule has 140 valence electrons. The van der Waals surface area contributed by atoms with Gasteiger partial charge in [0.15, 0.2) is 0 Å². The van der Waals surface area contributed by atoms with Gasteiger partial charge in [-0.1, -0.05) is 48.9 Å². The highest BCUT2D eigenvalue weighted by molar-refractivity contribution is 6.31. The number of ether oxygens (including phenoxy) is 1. The number of halogens is 3. The fourth-order valence-corrected chi connectivity index (χ4v) is 2.46. The first kappa shape index (κ1) is 24.0. The maximum absolute atomic E-state index is 6.15. The highest BCUT2D eigenvalue weighted by atomic mass is 35.5. The molecule has 0 radical (unpaired) electrons. The van der Waals surface area contributed by atoms with Crippen LogP contribution in [-0.4, -0.2) is 19.6 Å². The summed E-state index contributed by atoms with van der Waals surface area (Å²) in [5.74, 6) is 0.872. The van der Waals surface area contributed by atoms with E-state index in [1.54, 1.807) is 0 Å². The van der Waals surface area contributed by atoms with E-state index in [-0.39, 0.29) is 24.8 Å². The van der Waals surface area contributed by atoms with E-state index in [1.165, 1.54) is 5.56 Å². The molecule has 25 heavy (non-hydrogen) atoms. The van der Waals surface area contributed by atoms with Gasteiger partial charge < -0.3 is 15.4 Å². The molecule has 6 heteroatoms. The fourth-order valence-electron chi connectivity index (χ4n) is 2.27. The standard InChI is InChI=1S/C19H25ClN2O.2ClH/c1-2-21-11-6-12-22-14-16-7-5-9-18(13-16)23-15-17-8-3-4-10-19(17)20;;/h3-5,7-10,13,21-22H,2,6,11-12,14-15H2,1H3;2*1H. The molecule has 2 N–H and O–H groups in total. The quantitative estimate of drug-likeness (QED) is 0.554. The lowest BCUT2D eigenvalue weighted by molar-refractivity contribution is 0.306. The second-order valence-electron chi connectivity index (χ2n) is 5.41. The Labute approximate surface area is 168 Å². The van der Waals surface area contributed by atoms with Crippen molar-refractivity contribution in [3.63, 3.8) is 0 Å². The number of hydrogen-bond acceptors (Lipinski definition) is 3. The minimum atomic E-state index is 0. The molecule has 0 spiro atoms. The van der Waals surface area contributed by atoms with Crippen LogP contribution in [0.1, 0.15) is 24.5 Å². The van der Waals surface area contributed by atoms with Crippen LogP contribution in [0.2, 0.25) is 5.02 Å². The smallest absolute Gasteiger partial charge is 0.120 e. The van der Waals surface area contributed by atoms with Gasteiger partial charge in [-0.3, -0.25) is 0 Å². The first-order valence-electron chi connectivity index (χ1n) is 8.16. The average molecular weight is 406 g/mol. The van der Waals surface area contributed by atoms with Crippen molar-refractivity contribution in [2.24, 2.45) is 0 Å². The van der Waals surface area contributed by atoms with Crippen molar-refractivity contribution in [1.82, 2.24) is 10.6 Å². The second kappa shape index (κ2) is 14.2. The molecule has 0 unspecified atom stereocenters. The van der Waals surface area contributed by atoms with Crippen LogP contribution < -0.4 is 15.4 Å². The second-order valence-corrected chi connectivity index (χ2v) is 5.82. The molecule has 3 nitrogen and oxygen atoms in total. The summed E-state index contributed by atoms with van der Waals surface area (Å²) in [7, 11) is 0. The van der Waals surface area contributed by atoms with Crippen molar-refractivity contribution >= 4 is 36.4 Å². The largest absolute Gasteiger partial charge is 0.489 e. The van der Waals surface area contributed by atoms with Crippen LogP contribution in [0.25, 0.3) is 0 Å². The third-order valence-corrected chi connectivity index (χ3v) is 3.91. The summed E-state index contributed by atoms with van der Waals surface area (Å²) in [5, 5.41) is 7.52. The van der Waals surface area contributed by atoms with Gasteiger partial charge in [0, 0.05) is 17.1 Å². The Morgan fingerprint density at radius 1 is 0.960 bits per heavy atom. The molecule has 2 rings (SSSR count). The van der Waals surface area contributed by atoms with E-state index in [0.717, 1.165) is 48.9 Å². The van der Waals surface area contributed by atoms with Crippen molar-refractivity contribution in [3.05, 3.63) is 64.7 Å². The van der Waals surface area contributed by atoms with Gasteiger partial charge in [0.25, 0.3) is 0 Å². The van der Waals surface area contributed by atoms with Crippen molar-refractivity contribution in [3.8, 4) is 5.75 Å². The molecule has 0 aromatic heterocycles. The van der Waals surface area contributed by atoms with Gasteiger partial charge in [-0.05, 0) is 49.8 Å². The maximum atomic E-state index is 6.15. The van der Waals surface area contributed by atoms with Gasteiger partial charge in [0.05, 0.1) is 0 Å². The predicted octanol–water partition coefficient (Wildman–Crippen LogP) is 4.85. The zero-order chi connectivity index (χ0) is 16.3. The summed E-state index contributed by atoms with van der Waals surface area (Å²) in [6.07, 6.45) is 1.14. The van der Waals surface area contributed by atoms with Crippen LogP contribution in [0.5, 0.6) is 5.75 Å². The Balaban J connectivity index is 0.00000288. The third kappa shape index (κ3) is 9.34. The topological polar surface area (TPSA) is 33.3 Å².